The first-order valence-electron chi connectivity index (χ1n) is 14.7. The summed E-state index contributed by atoms with van der Waals surface area (Å²) < 4.78 is 73.1. The largest absolute Gasteiger partial charge is 0.495 e. The Bertz CT molecular complexity index is 1870. The monoisotopic (exact) mass is 677 g/mol. The van der Waals surface area contributed by atoms with Crippen LogP contribution in [0.4, 0.5) is 36.3 Å². The predicted octanol–water partition coefficient (Wildman–Crippen LogP) is 7.42. The molecule has 2 aromatic carbocycles. The van der Waals surface area contributed by atoms with Gasteiger partial charge < -0.3 is 34.1 Å². The van der Waals surface area contributed by atoms with Gasteiger partial charge in [-0.25, -0.2) is 9.78 Å². The van der Waals surface area contributed by atoms with E-state index in [9.17, 15) is 32.4 Å². The number of carboxylic acid groups (broad SMARTS) is 1. The second-order valence-electron chi connectivity index (χ2n) is 10.4. The van der Waals surface area contributed by atoms with Crippen LogP contribution in [0.15, 0.2) is 53.6 Å². The molecule has 0 aliphatic carbocycles. The summed E-state index contributed by atoms with van der Waals surface area (Å²) in [5.41, 5.74) is -0.384. The van der Waals surface area contributed by atoms with Crippen LogP contribution in [0.25, 0.3) is 10.9 Å². The lowest BCUT2D eigenvalue weighted by atomic mass is 10.1. The minimum atomic E-state index is -4.87. The first kappa shape index (κ1) is 35.4. The molecular formula is C31H35F3N5O7P. The van der Waals surface area contributed by atoms with Crippen molar-refractivity contribution in [3.8, 4) is 5.75 Å². The van der Waals surface area contributed by atoms with E-state index in [0.29, 0.717) is 17.4 Å². The number of nitrogens with zero attached hydrogens (tertiary/aromatic N) is 3. The lowest BCUT2D eigenvalue weighted by Gasteiger charge is -2.21. The SMILES string of the molecule is CCOP(=O)(Cc1ccc(Nc2ncc(C(F)(F)F)c(Nc3cccc4c3c(=O)c(C)cn4C(CC)C(=O)O)n2)c(OC)c1)OCC. The van der Waals surface area contributed by atoms with Crippen molar-refractivity contribution in [2.24, 2.45) is 0 Å². The summed E-state index contributed by atoms with van der Waals surface area (Å²) in [6.07, 6.45) is -2.67. The van der Waals surface area contributed by atoms with Gasteiger partial charge in [-0.1, -0.05) is 19.1 Å². The second kappa shape index (κ2) is 14.5. The Balaban J connectivity index is 1.76. The van der Waals surface area contributed by atoms with E-state index >= 15 is 0 Å². The van der Waals surface area contributed by atoms with Crippen molar-refractivity contribution in [1.82, 2.24) is 14.5 Å². The van der Waals surface area contributed by atoms with Crippen LogP contribution in [0.5, 0.6) is 5.75 Å². The minimum absolute atomic E-state index is 0.00194. The van der Waals surface area contributed by atoms with Crippen LogP contribution >= 0.6 is 7.60 Å². The molecule has 0 aliphatic rings. The van der Waals surface area contributed by atoms with Gasteiger partial charge in [0.15, 0.2) is 5.43 Å². The zero-order chi connectivity index (χ0) is 34.5. The number of ether oxygens (including phenoxy) is 1. The number of carboxylic acids is 1. The van der Waals surface area contributed by atoms with Crippen LogP contribution in [-0.2, 0) is 30.7 Å². The molecule has 0 bridgehead atoms. The summed E-state index contributed by atoms with van der Waals surface area (Å²) in [5.74, 6) is -1.74. The number of anilines is 4. The Labute approximate surface area is 268 Å². The van der Waals surface area contributed by atoms with Gasteiger partial charge in [-0.2, -0.15) is 18.2 Å². The summed E-state index contributed by atoms with van der Waals surface area (Å²) in [6.45, 7) is 6.95. The van der Waals surface area contributed by atoms with E-state index in [0.717, 1.165) is 0 Å². The van der Waals surface area contributed by atoms with Crippen LogP contribution in [-0.4, -0.2) is 45.9 Å². The Morgan fingerprint density at radius 1 is 1.09 bits per heavy atom. The van der Waals surface area contributed by atoms with E-state index < -0.39 is 42.6 Å². The van der Waals surface area contributed by atoms with Gasteiger partial charge in [-0.05, 0) is 57.0 Å². The molecule has 2 heterocycles. The average molecular weight is 678 g/mol. The summed E-state index contributed by atoms with van der Waals surface area (Å²) in [6, 6.07) is 8.20. The van der Waals surface area contributed by atoms with Crippen LogP contribution < -0.4 is 20.8 Å². The first-order chi connectivity index (χ1) is 22.2. The molecule has 47 heavy (non-hydrogen) atoms. The van der Waals surface area contributed by atoms with Crippen LogP contribution in [0, 0.1) is 6.92 Å². The Morgan fingerprint density at radius 3 is 2.38 bits per heavy atom. The Morgan fingerprint density at radius 2 is 1.79 bits per heavy atom. The van der Waals surface area contributed by atoms with Gasteiger partial charge >= 0.3 is 19.7 Å². The highest BCUT2D eigenvalue weighted by molar-refractivity contribution is 7.53. The second-order valence-corrected chi connectivity index (χ2v) is 12.4. The molecule has 0 saturated carbocycles. The molecule has 0 aliphatic heterocycles. The molecular weight excluding hydrogens is 642 g/mol. The van der Waals surface area contributed by atoms with Crippen molar-refractivity contribution in [3.05, 3.63) is 75.7 Å². The third-order valence-electron chi connectivity index (χ3n) is 7.13. The standard InChI is InChI=1S/C31H35F3N5O7P/c1-6-23(29(41)42)39-16-18(4)27(40)26-22(10-9-11-24(26)39)36-28-20(31(32,33)34)15-35-30(38-28)37-21-13-12-19(14-25(21)44-5)17-47(43,45-7-2)46-8-3/h9-16,23H,6-8,17H2,1-5H3,(H,41,42)(H2,35,36,37,38). The number of benzene rings is 2. The topological polar surface area (TPSA) is 154 Å². The fourth-order valence-electron chi connectivity index (χ4n) is 5.06. The number of methoxy groups -OCH3 is 1. The number of aryl methyl sites for hydroxylation is 1. The number of halogens is 3. The van der Waals surface area contributed by atoms with Gasteiger partial charge in [-0.3, -0.25) is 9.36 Å². The van der Waals surface area contributed by atoms with Crippen molar-refractivity contribution in [2.75, 3.05) is 31.0 Å². The van der Waals surface area contributed by atoms with Gasteiger partial charge in [0, 0.05) is 18.0 Å². The lowest BCUT2D eigenvalue weighted by molar-refractivity contribution is -0.141. The maximum atomic E-state index is 14.1. The number of carbonyl (C=O) groups is 1. The Hall–Kier alpha value is -4.46. The number of aliphatic carboxylic acids is 1. The number of nitrogens with one attached hydrogen (secondary N) is 2. The molecule has 252 valence electrons. The number of rotatable bonds is 14. The van der Waals surface area contributed by atoms with E-state index in [1.165, 1.54) is 43.0 Å². The van der Waals surface area contributed by atoms with Crippen molar-refractivity contribution in [2.45, 2.75) is 52.5 Å². The van der Waals surface area contributed by atoms with Crippen molar-refractivity contribution in [3.63, 3.8) is 0 Å². The van der Waals surface area contributed by atoms with E-state index in [1.54, 1.807) is 39.0 Å². The van der Waals surface area contributed by atoms with E-state index in [-0.39, 0.29) is 59.6 Å². The number of aromatic nitrogens is 3. The lowest BCUT2D eigenvalue weighted by Crippen LogP contribution is -2.22. The molecule has 4 aromatic rings. The molecule has 2 aromatic heterocycles. The molecule has 12 nitrogen and oxygen atoms in total. The van der Waals surface area contributed by atoms with Crippen molar-refractivity contribution < 1.29 is 41.4 Å². The maximum Gasteiger partial charge on any atom is 0.421 e. The molecule has 0 saturated heterocycles. The molecule has 1 atom stereocenters. The normalized spacial score (nSPS) is 12.6. The number of hydrogen-bond acceptors (Lipinski definition) is 10. The summed E-state index contributed by atoms with van der Waals surface area (Å²) in [5, 5.41) is 15.3. The molecule has 3 N–H and O–H groups in total. The molecule has 0 amide bonds. The number of hydrogen-bond donors (Lipinski definition) is 3. The summed E-state index contributed by atoms with van der Waals surface area (Å²) in [7, 11) is -2.04. The average Bonchev–Trinajstić information content (AvgIpc) is 3.00. The quantitative estimate of drug-likeness (QED) is 0.114. The predicted molar refractivity (Wildman–Crippen MR) is 171 cm³/mol. The molecule has 0 radical (unpaired) electrons. The zero-order valence-corrected chi connectivity index (χ0v) is 27.2. The van der Waals surface area contributed by atoms with E-state index in [4.69, 9.17) is 13.8 Å². The molecule has 0 fully saturated rings. The van der Waals surface area contributed by atoms with Gasteiger partial charge in [0.1, 0.15) is 23.2 Å². The van der Waals surface area contributed by atoms with Crippen molar-refractivity contribution in [1.29, 1.82) is 0 Å². The van der Waals surface area contributed by atoms with Crippen LogP contribution in [0.1, 0.15) is 49.9 Å². The highest BCUT2D eigenvalue weighted by Gasteiger charge is 2.36. The van der Waals surface area contributed by atoms with Gasteiger partial charge in [0.25, 0.3) is 0 Å². The molecule has 0 spiro atoms. The number of pyridine rings is 1. The zero-order valence-electron chi connectivity index (χ0n) is 26.3. The highest BCUT2D eigenvalue weighted by atomic mass is 31.2. The third kappa shape index (κ3) is 7.92. The molecule has 16 heteroatoms. The van der Waals surface area contributed by atoms with Gasteiger partial charge in [-0.15, -0.1) is 0 Å². The van der Waals surface area contributed by atoms with Gasteiger partial charge in [0.05, 0.1) is 48.8 Å². The fourth-order valence-corrected chi connectivity index (χ4v) is 6.74. The fraction of sp³-hybridized carbons (Fsp3) is 0.355. The third-order valence-corrected chi connectivity index (χ3v) is 9.19. The summed E-state index contributed by atoms with van der Waals surface area (Å²) in [4.78, 5) is 33.2. The van der Waals surface area contributed by atoms with E-state index in [2.05, 4.69) is 20.6 Å². The maximum absolute atomic E-state index is 14.1. The van der Waals surface area contributed by atoms with Gasteiger partial charge in [0.2, 0.25) is 5.95 Å². The van der Waals surface area contributed by atoms with Crippen molar-refractivity contribution >= 4 is 47.6 Å². The van der Waals surface area contributed by atoms with Crippen LogP contribution in [0.3, 0.4) is 0 Å². The first-order valence-corrected chi connectivity index (χ1v) is 16.4. The molecule has 4 rings (SSSR count). The Kier molecular flexibility index (Phi) is 10.9. The smallest absolute Gasteiger partial charge is 0.421 e. The number of fused-ring (bicyclic) bond motifs is 1. The summed E-state index contributed by atoms with van der Waals surface area (Å²) >= 11 is 0. The van der Waals surface area contributed by atoms with E-state index in [1.807, 2.05) is 0 Å². The van der Waals surface area contributed by atoms with Crippen LogP contribution in [0.2, 0.25) is 0 Å². The highest BCUT2D eigenvalue weighted by Crippen LogP contribution is 2.51. The molecule has 1 unspecified atom stereocenters. The minimum Gasteiger partial charge on any atom is -0.495 e. The number of alkyl halides is 3.